The fraction of sp³-hybridized carbons (Fsp3) is 0.571. The second-order valence-electron chi connectivity index (χ2n) is 10.3. The van der Waals surface area contributed by atoms with Gasteiger partial charge in [-0.2, -0.15) is 26.3 Å². The second kappa shape index (κ2) is 12.1. The van der Waals surface area contributed by atoms with Crippen LogP contribution >= 0.6 is 0 Å². The molecule has 0 unspecified atom stereocenters. The summed E-state index contributed by atoms with van der Waals surface area (Å²) in [5.41, 5.74) is 2.74. The first-order valence-electron chi connectivity index (χ1n) is 10.0. The van der Waals surface area contributed by atoms with E-state index in [1.165, 1.54) is 22.3 Å². The van der Waals surface area contributed by atoms with Gasteiger partial charge in [-0.1, -0.05) is 112 Å². The Labute approximate surface area is 203 Å². The SMILES string of the molecule is C.C.C.CC(C)(C(F)(F)F)C(F)(F)F.CC(C)(C)C.CC1(C)c2ccccc2-c2ccccc21. The molecule has 0 aliphatic heterocycles. The van der Waals surface area contributed by atoms with Gasteiger partial charge in [0, 0.05) is 5.41 Å². The van der Waals surface area contributed by atoms with Gasteiger partial charge in [0.05, 0.1) is 0 Å². The minimum atomic E-state index is -5.24. The van der Waals surface area contributed by atoms with E-state index < -0.39 is 17.8 Å². The number of fused-ring (bicyclic) bond motifs is 3. The molecule has 2 aromatic carbocycles. The third-order valence-electron chi connectivity index (χ3n) is 4.91. The second-order valence-corrected chi connectivity index (χ2v) is 10.3. The van der Waals surface area contributed by atoms with Crippen LogP contribution in [0, 0.1) is 10.8 Å². The number of hydrogen-bond acceptors (Lipinski definition) is 0. The Morgan fingerprint density at radius 2 is 0.765 bits per heavy atom. The molecule has 0 amide bonds. The molecule has 1 aliphatic carbocycles. The van der Waals surface area contributed by atoms with Crippen molar-refractivity contribution in [3.8, 4) is 11.1 Å². The number of rotatable bonds is 0. The van der Waals surface area contributed by atoms with Gasteiger partial charge in [0.1, 0.15) is 0 Å². The quantitative estimate of drug-likeness (QED) is 0.320. The van der Waals surface area contributed by atoms with Crippen LogP contribution in [0.15, 0.2) is 48.5 Å². The summed E-state index contributed by atoms with van der Waals surface area (Å²) >= 11 is 0. The van der Waals surface area contributed by atoms with Crippen molar-refractivity contribution in [2.45, 2.75) is 95.4 Å². The maximum absolute atomic E-state index is 11.6. The van der Waals surface area contributed by atoms with E-state index >= 15 is 0 Å². The van der Waals surface area contributed by atoms with Gasteiger partial charge in [-0.25, -0.2) is 0 Å². The van der Waals surface area contributed by atoms with Crippen molar-refractivity contribution in [2.75, 3.05) is 0 Å². The van der Waals surface area contributed by atoms with E-state index in [1.54, 1.807) is 0 Å². The fourth-order valence-electron chi connectivity index (χ4n) is 2.83. The van der Waals surface area contributed by atoms with Crippen molar-refractivity contribution in [1.82, 2.24) is 0 Å². The molecule has 6 heteroatoms. The Balaban J connectivity index is -0.000000455. The molecule has 0 heterocycles. The third-order valence-corrected chi connectivity index (χ3v) is 4.91. The summed E-state index contributed by atoms with van der Waals surface area (Å²) in [6.07, 6.45) is -10.5. The first-order valence-corrected chi connectivity index (χ1v) is 10.0. The van der Waals surface area contributed by atoms with Crippen LogP contribution in [-0.2, 0) is 5.41 Å². The van der Waals surface area contributed by atoms with Crippen molar-refractivity contribution in [2.24, 2.45) is 10.8 Å². The van der Waals surface area contributed by atoms with Gasteiger partial charge in [0.2, 0.25) is 0 Å². The Morgan fingerprint density at radius 3 is 0.971 bits per heavy atom. The summed E-state index contributed by atoms with van der Waals surface area (Å²) in [6.45, 7) is 13.6. The molecule has 0 fully saturated rings. The Hall–Kier alpha value is -1.98. The summed E-state index contributed by atoms with van der Waals surface area (Å²) in [4.78, 5) is 0. The molecule has 0 bridgehead atoms. The molecule has 0 nitrogen and oxygen atoms in total. The summed E-state index contributed by atoms with van der Waals surface area (Å²) in [6, 6.07) is 17.4. The Bertz CT molecular complexity index is 796. The minimum absolute atomic E-state index is 0. The average Bonchev–Trinajstić information content (AvgIpc) is 2.81. The van der Waals surface area contributed by atoms with E-state index in [2.05, 4.69) is 90.1 Å². The average molecular weight is 495 g/mol. The summed E-state index contributed by atoms with van der Waals surface area (Å²) in [5.74, 6) is 0. The van der Waals surface area contributed by atoms with E-state index in [1.807, 2.05) is 0 Å². The van der Waals surface area contributed by atoms with Gasteiger partial charge in [-0.15, -0.1) is 0 Å². The predicted molar refractivity (Wildman–Crippen MR) is 135 cm³/mol. The molecule has 198 valence electrons. The highest BCUT2D eigenvalue weighted by Gasteiger charge is 2.64. The molecule has 0 spiro atoms. The zero-order valence-electron chi connectivity index (χ0n) is 19.4. The lowest BCUT2D eigenvalue weighted by Gasteiger charge is -2.29. The lowest BCUT2D eigenvalue weighted by atomic mass is 9.82. The standard InChI is InChI=1S/C15H14.C5H6F6.C5H12.3CH4/c1-15(2)13-9-5-3-7-11(13)12-8-4-6-10-14(12)15;1-3(2,4(6,7)8)5(9,10)11;1-5(2,3)4;;;/h3-10H,1-2H3;1-2H3;1-4H3;3*1H4. The maximum atomic E-state index is 11.6. The summed E-state index contributed by atoms with van der Waals surface area (Å²) in [5, 5.41) is 0. The molecule has 0 saturated heterocycles. The Kier molecular flexibility index (Phi) is 13.0. The summed E-state index contributed by atoms with van der Waals surface area (Å²) < 4.78 is 69.7. The lowest BCUT2D eigenvalue weighted by Crippen LogP contribution is -2.44. The molecule has 34 heavy (non-hydrogen) atoms. The summed E-state index contributed by atoms with van der Waals surface area (Å²) in [7, 11) is 0. The molecule has 0 radical (unpaired) electrons. The monoisotopic (exact) mass is 494 g/mol. The van der Waals surface area contributed by atoms with Crippen LogP contribution in [0.4, 0.5) is 26.3 Å². The van der Waals surface area contributed by atoms with Crippen molar-refractivity contribution in [3.05, 3.63) is 59.7 Å². The molecule has 0 N–H and O–H groups in total. The van der Waals surface area contributed by atoms with Crippen LogP contribution in [0.25, 0.3) is 11.1 Å². The zero-order chi connectivity index (χ0) is 24.5. The number of benzene rings is 2. The molecular weight excluding hydrogens is 450 g/mol. The molecule has 0 saturated carbocycles. The van der Waals surface area contributed by atoms with Gasteiger partial charge in [0.15, 0.2) is 5.41 Å². The van der Waals surface area contributed by atoms with Gasteiger partial charge < -0.3 is 0 Å². The van der Waals surface area contributed by atoms with Crippen LogP contribution < -0.4 is 0 Å². The van der Waals surface area contributed by atoms with Crippen molar-refractivity contribution in [3.63, 3.8) is 0 Å². The normalized spacial score (nSPS) is 13.7. The van der Waals surface area contributed by atoms with E-state index in [-0.39, 0.29) is 41.5 Å². The van der Waals surface area contributed by atoms with Crippen LogP contribution in [0.1, 0.15) is 88.8 Å². The predicted octanol–water partition coefficient (Wildman–Crippen LogP) is 11.1. The van der Waals surface area contributed by atoms with Crippen molar-refractivity contribution in [1.29, 1.82) is 0 Å². The maximum Gasteiger partial charge on any atom is 0.402 e. The first kappa shape index (κ1) is 36.6. The number of halogens is 6. The van der Waals surface area contributed by atoms with Crippen molar-refractivity contribution >= 4 is 0 Å². The topological polar surface area (TPSA) is 0 Å². The minimum Gasteiger partial charge on any atom is -0.170 e. The van der Waals surface area contributed by atoms with Gasteiger partial charge in [-0.05, 0) is 41.5 Å². The van der Waals surface area contributed by atoms with E-state index in [0.29, 0.717) is 5.41 Å². The van der Waals surface area contributed by atoms with Crippen LogP contribution in [0.2, 0.25) is 0 Å². The van der Waals surface area contributed by atoms with Crippen LogP contribution in [0.5, 0.6) is 0 Å². The first-order chi connectivity index (χ1) is 13.7. The number of alkyl halides is 6. The molecule has 0 atom stereocenters. The smallest absolute Gasteiger partial charge is 0.170 e. The zero-order valence-corrected chi connectivity index (χ0v) is 19.4. The van der Waals surface area contributed by atoms with Gasteiger partial charge >= 0.3 is 12.4 Å². The van der Waals surface area contributed by atoms with Gasteiger partial charge in [-0.3, -0.25) is 0 Å². The highest BCUT2D eigenvalue weighted by atomic mass is 19.4. The van der Waals surface area contributed by atoms with Crippen LogP contribution in [-0.4, -0.2) is 12.4 Å². The largest absolute Gasteiger partial charge is 0.402 e. The highest BCUT2D eigenvalue weighted by Crippen LogP contribution is 2.49. The highest BCUT2D eigenvalue weighted by molar-refractivity contribution is 5.80. The van der Waals surface area contributed by atoms with Gasteiger partial charge in [0.25, 0.3) is 0 Å². The Morgan fingerprint density at radius 1 is 0.529 bits per heavy atom. The molecular formula is C28H44F6. The number of hydrogen-bond donors (Lipinski definition) is 0. The molecule has 3 rings (SSSR count). The van der Waals surface area contributed by atoms with E-state index in [4.69, 9.17) is 0 Å². The van der Waals surface area contributed by atoms with Crippen molar-refractivity contribution < 1.29 is 26.3 Å². The van der Waals surface area contributed by atoms with E-state index in [9.17, 15) is 26.3 Å². The van der Waals surface area contributed by atoms with Crippen LogP contribution in [0.3, 0.4) is 0 Å². The molecule has 1 aliphatic rings. The van der Waals surface area contributed by atoms with E-state index in [0.717, 1.165) is 0 Å². The molecule has 2 aromatic rings. The fourth-order valence-corrected chi connectivity index (χ4v) is 2.83. The third kappa shape index (κ3) is 8.66. The molecule has 0 aromatic heterocycles. The lowest BCUT2D eigenvalue weighted by molar-refractivity contribution is -0.327.